The van der Waals surface area contributed by atoms with E-state index in [9.17, 15) is 17.6 Å². The molecule has 1 N–H and O–H groups in total. The number of benzene rings is 1. The molecule has 5 nitrogen and oxygen atoms in total. The number of nitrogens with one attached hydrogen (secondary N) is 1. The number of halogens is 1. The number of hydrogen-bond donors (Lipinski definition) is 1. The van der Waals surface area contributed by atoms with Gasteiger partial charge in [0, 0.05) is 31.7 Å². The highest BCUT2D eigenvalue weighted by Crippen LogP contribution is 2.16. The number of anilines is 1. The third kappa shape index (κ3) is 3.77. The quantitative estimate of drug-likeness (QED) is 0.886. The van der Waals surface area contributed by atoms with Gasteiger partial charge in [-0.05, 0) is 18.2 Å². The fourth-order valence-corrected chi connectivity index (χ4v) is 3.62. The summed E-state index contributed by atoms with van der Waals surface area (Å²) in [6.45, 7) is 0.365. The van der Waals surface area contributed by atoms with Gasteiger partial charge in [0.05, 0.1) is 11.5 Å². The summed E-state index contributed by atoms with van der Waals surface area (Å²) in [7, 11) is -1.52. The van der Waals surface area contributed by atoms with Gasteiger partial charge >= 0.3 is 0 Å². The van der Waals surface area contributed by atoms with E-state index in [-0.39, 0.29) is 29.9 Å². The number of sulfone groups is 1. The van der Waals surface area contributed by atoms with Crippen LogP contribution in [0.25, 0.3) is 0 Å². The van der Waals surface area contributed by atoms with Crippen molar-refractivity contribution in [3.8, 4) is 0 Å². The van der Waals surface area contributed by atoms with Gasteiger partial charge < -0.3 is 10.2 Å². The summed E-state index contributed by atoms with van der Waals surface area (Å²) in [4.78, 5) is 13.4. The Morgan fingerprint density at radius 1 is 1.50 bits per heavy atom. The first-order valence-electron chi connectivity index (χ1n) is 6.33. The van der Waals surface area contributed by atoms with Crippen molar-refractivity contribution in [1.82, 2.24) is 5.32 Å². The zero-order chi connectivity index (χ0) is 14.8. The molecule has 1 heterocycles. The van der Waals surface area contributed by atoms with Gasteiger partial charge in [-0.2, -0.15) is 0 Å². The van der Waals surface area contributed by atoms with Crippen LogP contribution in [-0.4, -0.2) is 45.5 Å². The number of amides is 1. The van der Waals surface area contributed by atoms with Crippen LogP contribution in [0.5, 0.6) is 0 Å². The van der Waals surface area contributed by atoms with Crippen LogP contribution in [0, 0.1) is 5.82 Å². The molecule has 1 saturated heterocycles. The predicted molar refractivity (Wildman–Crippen MR) is 74.9 cm³/mol. The van der Waals surface area contributed by atoms with Crippen molar-refractivity contribution in [1.29, 1.82) is 0 Å². The van der Waals surface area contributed by atoms with Crippen LogP contribution in [-0.2, 0) is 14.6 Å². The zero-order valence-corrected chi connectivity index (χ0v) is 12.0. The van der Waals surface area contributed by atoms with Crippen LogP contribution in [0.15, 0.2) is 24.3 Å². The minimum atomic E-state index is -3.07. The van der Waals surface area contributed by atoms with Crippen molar-refractivity contribution in [2.75, 3.05) is 30.0 Å². The number of rotatable bonds is 3. The second-order valence-corrected chi connectivity index (χ2v) is 7.13. The molecule has 1 aromatic carbocycles. The molecule has 0 aliphatic carbocycles. The maximum Gasteiger partial charge on any atom is 0.228 e. The lowest BCUT2D eigenvalue weighted by Crippen LogP contribution is -2.47. The molecule has 20 heavy (non-hydrogen) atoms. The first-order valence-corrected chi connectivity index (χ1v) is 8.15. The van der Waals surface area contributed by atoms with Gasteiger partial charge in [0.2, 0.25) is 5.91 Å². The van der Waals surface area contributed by atoms with Crippen molar-refractivity contribution < 1.29 is 17.6 Å². The van der Waals surface area contributed by atoms with E-state index in [1.165, 1.54) is 23.1 Å². The molecule has 0 radical (unpaired) electrons. The Bertz CT molecular complexity index is 603. The summed E-state index contributed by atoms with van der Waals surface area (Å²) in [6.07, 6.45) is 0.0756. The van der Waals surface area contributed by atoms with Crippen molar-refractivity contribution in [2.24, 2.45) is 0 Å². The number of carbonyl (C=O) groups is 1. The van der Waals surface area contributed by atoms with Crippen LogP contribution >= 0.6 is 0 Å². The Labute approximate surface area is 117 Å². The number of carbonyl (C=O) groups excluding carboxylic acids is 1. The average Bonchev–Trinajstić information content (AvgIpc) is 2.36. The molecule has 1 aliphatic heterocycles. The van der Waals surface area contributed by atoms with E-state index in [1.807, 2.05) is 0 Å². The molecule has 1 atom stereocenters. The Hall–Kier alpha value is -1.47. The molecule has 0 spiro atoms. The lowest BCUT2D eigenvalue weighted by molar-refractivity contribution is -0.118. The summed E-state index contributed by atoms with van der Waals surface area (Å²) in [6, 6.07) is 5.35. The van der Waals surface area contributed by atoms with E-state index in [0.717, 1.165) is 0 Å². The molecule has 1 unspecified atom stereocenters. The monoisotopic (exact) mass is 300 g/mol. The van der Waals surface area contributed by atoms with E-state index >= 15 is 0 Å². The molecular weight excluding hydrogens is 283 g/mol. The second kappa shape index (κ2) is 5.88. The first kappa shape index (κ1) is 14.9. The van der Waals surface area contributed by atoms with E-state index in [1.54, 1.807) is 13.1 Å². The maximum absolute atomic E-state index is 13.1. The van der Waals surface area contributed by atoms with Crippen LogP contribution < -0.4 is 10.2 Å². The summed E-state index contributed by atoms with van der Waals surface area (Å²) < 4.78 is 36.1. The fraction of sp³-hybridized carbons (Fsp3) is 0.462. The van der Waals surface area contributed by atoms with Gasteiger partial charge in [-0.1, -0.05) is 6.07 Å². The molecule has 0 saturated carbocycles. The molecule has 110 valence electrons. The number of nitrogens with zero attached hydrogens (tertiary/aromatic N) is 1. The van der Waals surface area contributed by atoms with Crippen molar-refractivity contribution in [2.45, 2.75) is 12.5 Å². The van der Waals surface area contributed by atoms with E-state index in [4.69, 9.17) is 0 Å². The second-order valence-electron chi connectivity index (χ2n) is 4.90. The van der Waals surface area contributed by atoms with Crippen LogP contribution in [0.1, 0.15) is 6.42 Å². The molecule has 0 aromatic heterocycles. The van der Waals surface area contributed by atoms with Crippen molar-refractivity contribution >= 4 is 21.4 Å². The Morgan fingerprint density at radius 3 is 2.90 bits per heavy atom. The fourth-order valence-electron chi connectivity index (χ4n) is 2.17. The minimum absolute atomic E-state index is 0.0320. The molecule has 1 aliphatic rings. The van der Waals surface area contributed by atoms with Gasteiger partial charge in [-0.15, -0.1) is 0 Å². The van der Waals surface area contributed by atoms with Crippen LogP contribution in [0.4, 0.5) is 10.1 Å². The molecule has 7 heteroatoms. The topological polar surface area (TPSA) is 66.5 Å². The summed E-state index contributed by atoms with van der Waals surface area (Å²) >= 11 is 0. The Balaban J connectivity index is 2.01. The third-order valence-corrected chi connectivity index (χ3v) is 5.03. The lowest BCUT2D eigenvalue weighted by Gasteiger charge is -2.25. The average molecular weight is 300 g/mol. The van der Waals surface area contributed by atoms with Gasteiger partial charge in [0.15, 0.2) is 9.84 Å². The largest absolute Gasteiger partial charge is 0.315 e. The predicted octanol–water partition coefficient (Wildman–Crippen LogP) is 0.565. The molecule has 1 fully saturated rings. The summed E-state index contributed by atoms with van der Waals surface area (Å²) in [5.74, 6) is -0.585. The lowest BCUT2D eigenvalue weighted by atomic mass is 10.2. The third-order valence-electron chi connectivity index (χ3n) is 3.29. The van der Waals surface area contributed by atoms with Crippen LogP contribution in [0.2, 0.25) is 0 Å². The van der Waals surface area contributed by atoms with E-state index in [2.05, 4.69) is 5.32 Å². The smallest absolute Gasteiger partial charge is 0.228 e. The molecule has 1 aromatic rings. The summed E-state index contributed by atoms with van der Waals surface area (Å²) in [5.41, 5.74) is 0.452. The molecule has 1 amide bonds. The highest BCUT2D eigenvalue weighted by molar-refractivity contribution is 7.91. The van der Waals surface area contributed by atoms with Gasteiger partial charge in [-0.25, -0.2) is 12.8 Å². The van der Waals surface area contributed by atoms with Gasteiger partial charge in [0.1, 0.15) is 5.82 Å². The highest BCUT2D eigenvalue weighted by Gasteiger charge is 2.27. The molecule has 0 bridgehead atoms. The zero-order valence-electron chi connectivity index (χ0n) is 11.2. The van der Waals surface area contributed by atoms with Crippen molar-refractivity contribution in [3.63, 3.8) is 0 Å². The molecule has 2 rings (SSSR count). The minimum Gasteiger partial charge on any atom is -0.315 e. The van der Waals surface area contributed by atoms with E-state index < -0.39 is 15.7 Å². The Morgan fingerprint density at radius 2 is 2.25 bits per heavy atom. The first-order chi connectivity index (χ1) is 9.37. The number of hydrogen-bond acceptors (Lipinski definition) is 4. The Kier molecular flexibility index (Phi) is 4.39. The highest BCUT2D eigenvalue weighted by atomic mass is 32.2. The van der Waals surface area contributed by atoms with Crippen molar-refractivity contribution in [3.05, 3.63) is 30.1 Å². The van der Waals surface area contributed by atoms with Gasteiger partial charge in [0.25, 0.3) is 0 Å². The summed E-state index contributed by atoms with van der Waals surface area (Å²) in [5, 5.41) is 3.02. The standard InChI is InChI=1S/C13H17FN2O3S/c1-16(12-4-2-3-10(14)7-12)13(17)8-11-9-20(18,19)6-5-15-11/h2-4,7,11,15H,5-6,8-9H2,1H3. The maximum atomic E-state index is 13.1. The molecular formula is C13H17FN2O3S. The van der Waals surface area contributed by atoms with Crippen LogP contribution in [0.3, 0.4) is 0 Å². The SMILES string of the molecule is CN(C(=O)CC1CS(=O)(=O)CCN1)c1cccc(F)c1. The van der Waals surface area contributed by atoms with Gasteiger partial charge in [-0.3, -0.25) is 4.79 Å². The van der Waals surface area contributed by atoms with E-state index in [0.29, 0.717) is 12.2 Å². The normalized spacial score (nSPS) is 21.4.